The summed E-state index contributed by atoms with van der Waals surface area (Å²) in [6.07, 6.45) is 1.76. The largest absolute Gasteiger partial charge is 0.379 e. The molecule has 7 heteroatoms. The summed E-state index contributed by atoms with van der Waals surface area (Å²) >= 11 is 0. The number of carbonyl (C=O) groups is 1. The SMILES string of the molecule is Cc1cc(CC2COCC2NC(=O)CCc2c(C)noc2C)on1. The first-order valence-electron chi connectivity index (χ1n) is 8.24. The zero-order valence-corrected chi connectivity index (χ0v) is 14.3. The third kappa shape index (κ3) is 3.84. The van der Waals surface area contributed by atoms with Crippen molar-refractivity contribution in [3.8, 4) is 0 Å². The lowest BCUT2D eigenvalue weighted by molar-refractivity contribution is -0.122. The molecule has 2 unspecified atom stereocenters. The van der Waals surface area contributed by atoms with Crippen molar-refractivity contribution in [2.45, 2.75) is 46.1 Å². The molecule has 130 valence electrons. The summed E-state index contributed by atoms with van der Waals surface area (Å²) < 4.78 is 15.9. The molecule has 3 heterocycles. The van der Waals surface area contributed by atoms with Gasteiger partial charge in [0.25, 0.3) is 0 Å². The molecule has 3 rings (SSSR count). The minimum Gasteiger partial charge on any atom is -0.379 e. The van der Waals surface area contributed by atoms with Crippen LogP contribution in [-0.2, 0) is 22.4 Å². The number of aromatic nitrogens is 2. The number of aryl methyl sites for hydroxylation is 3. The Kier molecular flexibility index (Phi) is 4.99. The molecule has 1 aliphatic rings. The molecular weight excluding hydrogens is 310 g/mol. The molecule has 1 aliphatic heterocycles. The molecule has 2 aromatic heterocycles. The van der Waals surface area contributed by atoms with E-state index in [1.54, 1.807) is 0 Å². The van der Waals surface area contributed by atoms with E-state index in [2.05, 4.69) is 15.6 Å². The normalized spacial score (nSPS) is 20.5. The van der Waals surface area contributed by atoms with Crippen molar-refractivity contribution < 1.29 is 18.6 Å². The minimum atomic E-state index is 0.00701. The first kappa shape index (κ1) is 16.7. The topological polar surface area (TPSA) is 90.4 Å². The molecule has 1 fully saturated rings. The molecule has 0 radical (unpaired) electrons. The van der Waals surface area contributed by atoms with Gasteiger partial charge in [0.15, 0.2) is 0 Å². The molecule has 2 atom stereocenters. The maximum absolute atomic E-state index is 12.3. The predicted octanol–water partition coefficient (Wildman–Crippen LogP) is 1.89. The first-order valence-corrected chi connectivity index (χ1v) is 8.24. The van der Waals surface area contributed by atoms with E-state index in [9.17, 15) is 4.79 Å². The molecule has 0 aromatic carbocycles. The molecule has 0 saturated carbocycles. The standard InChI is InChI=1S/C17H23N3O4/c1-10-6-14(24-19-10)7-13-8-22-9-16(13)18-17(21)5-4-15-11(2)20-23-12(15)3/h6,13,16H,4-5,7-9H2,1-3H3,(H,18,21). The Balaban J connectivity index is 1.51. The van der Waals surface area contributed by atoms with Gasteiger partial charge in [0, 0.05) is 30.4 Å². The van der Waals surface area contributed by atoms with Crippen LogP contribution in [0.25, 0.3) is 0 Å². The second-order valence-corrected chi connectivity index (χ2v) is 6.41. The quantitative estimate of drug-likeness (QED) is 0.868. The van der Waals surface area contributed by atoms with Gasteiger partial charge in [-0.15, -0.1) is 0 Å². The minimum absolute atomic E-state index is 0.00701. The van der Waals surface area contributed by atoms with Crippen LogP contribution in [0.15, 0.2) is 15.1 Å². The van der Waals surface area contributed by atoms with Crippen molar-refractivity contribution in [1.82, 2.24) is 15.6 Å². The molecule has 1 N–H and O–H groups in total. The van der Waals surface area contributed by atoms with Crippen LogP contribution in [0.5, 0.6) is 0 Å². The Morgan fingerprint density at radius 1 is 1.25 bits per heavy atom. The summed E-state index contributed by atoms with van der Waals surface area (Å²) in [5.41, 5.74) is 2.73. The maximum atomic E-state index is 12.3. The number of nitrogens with one attached hydrogen (secondary N) is 1. The zero-order chi connectivity index (χ0) is 17.1. The Labute approximate surface area is 140 Å². The van der Waals surface area contributed by atoms with E-state index in [4.69, 9.17) is 13.8 Å². The summed E-state index contributed by atoms with van der Waals surface area (Å²) in [5.74, 6) is 1.84. The predicted molar refractivity (Wildman–Crippen MR) is 85.5 cm³/mol. The molecule has 2 aromatic rings. The van der Waals surface area contributed by atoms with Gasteiger partial charge in [-0.1, -0.05) is 10.3 Å². The lowest BCUT2D eigenvalue weighted by Gasteiger charge is -2.18. The number of ether oxygens (including phenoxy) is 1. The smallest absolute Gasteiger partial charge is 0.220 e. The van der Waals surface area contributed by atoms with Crippen molar-refractivity contribution in [2.75, 3.05) is 13.2 Å². The summed E-state index contributed by atoms with van der Waals surface area (Å²) in [4.78, 5) is 12.3. The van der Waals surface area contributed by atoms with Gasteiger partial charge in [-0.2, -0.15) is 0 Å². The highest BCUT2D eigenvalue weighted by Crippen LogP contribution is 2.20. The van der Waals surface area contributed by atoms with Crippen molar-refractivity contribution in [1.29, 1.82) is 0 Å². The third-order valence-corrected chi connectivity index (χ3v) is 4.47. The van der Waals surface area contributed by atoms with Crippen LogP contribution in [0, 0.1) is 26.7 Å². The summed E-state index contributed by atoms with van der Waals surface area (Å²) in [6.45, 7) is 6.81. The van der Waals surface area contributed by atoms with Crippen LogP contribution in [0.1, 0.15) is 34.9 Å². The van der Waals surface area contributed by atoms with E-state index in [0.29, 0.717) is 26.1 Å². The molecular formula is C17H23N3O4. The van der Waals surface area contributed by atoms with Crippen LogP contribution >= 0.6 is 0 Å². The maximum Gasteiger partial charge on any atom is 0.220 e. The molecule has 0 spiro atoms. The number of carbonyl (C=O) groups excluding carboxylic acids is 1. The van der Waals surface area contributed by atoms with Crippen molar-refractivity contribution in [3.63, 3.8) is 0 Å². The zero-order valence-electron chi connectivity index (χ0n) is 14.3. The highest BCUT2D eigenvalue weighted by atomic mass is 16.5. The monoisotopic (exact) mass is 333 g/mol. The van der Waals surface area contributed by atoms with Crippen LogP contribution in [0.4, 0.5) is 0 Å². The number of rotatable bonds is 6. The average molecular weight is 333 g/mol. The number of hydrogen-bond donors (Lipinski definition) is 1. The summed E-state index contributed by atoms with van der Waals surface area (Å²) in [7, 11) is 0. The van der Waals surface area contributed by atoms with Crippen molar-refractivity contribution >= 4 is 5.91 Å². The molecule has 7 nitrogen and oxygen atoms in total. The highest BCUT2D eigenvalue weighted by Gasteiger charge is 2.30. The third-order valence-electron chi connectivity index (χ3n) is 4.47. The fraction of sp³-hybridized carbons (Fsp3) is 0.588. The van der Waals surface area contributed by atoms with Gasteiger partial charge in [-0.3, -0.25) is 4.79 Å². The Bertz CT molecular complexity index is 687. The Morgan fingerprint density at radius 2 is 2.08 bits per heavy atom. The van der Waals surface area contributed by atoms with Gasteiger partial charge in [0.05, 0.1) is 30.6 Å². The van der Waals surface area contributed by atoms with Crippen LogP contribution < -0.4 is 5.32 Å². The van der Waals surface area contributed by atoms with E-state index < -0.39 is 0 Å². The molecule has 0 aliphatic carbocycles. The van der Waals surface area contributed by atoms with Gasteiger partial charge >= 0.3 is 0 Å². The van der Waals surface area contributed by atoms with E-state index in [0.717, 1.165) is 34.9 Å². The number of hydrogen-bond acceptors (Lipinski definition) is 6. The summed E-state index contributed by atoms with van der Waals surface area (Å²) in [5, 5.41) is 10.9. The van der Waals surface area contributed by atoms with Crippen molar-refractivity contribution in [2.24, 2.45) is 5.92 Å². The van der Waals surface area contributed by atoms with Crippen LogP contribution in [-0.4, -0.2) is 35.5 Å². The van der Waals surface area contributed by atoms with Gasteiger partial charge in [0.1, 0.15) is 11.5 Å². The van der Waals surface area contributed by atoms with Gasteiger partial charge < -0.3 is 19.1 Å². The number of amides is 1. The number of nitrogens with zero attached hydrogens (tertiary/aromatic N) is 2. The van der Waals surface area contributed by atoms with Gasteiger partial charge in [0.2, 0.25) is 5.91 Å². The second kappa shape index (κ2) is 7.17. The van der Waals surface area contributed by atoms with Crippen molar-refractivity contribution in [3.05, 3.63) is 34.5 Å². The van der Waals surface area contributed by atoms with Gasteiger partial charge in [-0.05, 0) is 27.2 Å². The first-order chi connectivity index (χ1) is 11.5. The fourth-order valence-electron chi connectivity index (χ4n) is 3.11. The van der Waals surface area contributed by atoms with E-state index in [1.807, 2.05) is 26.8 Å². The molecule has 1 saturated heterocycles. The highest BCUT2D eigenvalue weighted by molar-refractivity contribution is 5.76. The molecule has 1 amide bonds. The Morgan fingerprint density at radius 3 is 2.75 bits per heavy atom. The fourth-order valence-corrected chi connectivity index (χ4v) is 3.11. The van der Waals surface area contributed by atoms with E-state index in [1.165, 1.54) is 0 Å². The van der Waals surface area contributed by atoms with Crippen LogP contribution in [0.2, 0.25) is 0 Å². The van der Waals surface area contributed by atoms with E-state index in [-0.39, 0.29) is 17.9 Å². The summed E-state index contributed by atoms with van der Waals surface area (Å²) in [6, 6.07) is 1.93. The van der Waals surface area contributed by atoms with Crippen LogP contribution in [0.3, 0.4) is 0 Å². The molecule has 24 heavy (non-hydrogen) atoms. The lowest BCUT2D eigenvalue weighted by atomic mass is 9.98. The molecule has 0 bridgehead atoms. The van der Waals surface area contributed by atoms with Gasteiger partial charge in [-0.25, -0.2) is 0 Å². The van der Waals surface area contributed by atoms with E-state index >= 15 is 0 Å². The average Bonchev–Trinajstić information content (AvgIpc) is 3.22. The second-order valence-electron chi connectivity index (χ2n) is 6.41. The Hall–Kier alpha value is -2.15. The lowest BCUT2D eigenvalue weighted by Crippen LogP contribution is -2.40.